The molecule has 11 heteroatoms. The Morgan fingerprint density at radius 3 is 2.34 bits per heavy atom. The number of benzene rings is 2. The number of halogens is 1. The molecule has 0 saturated carbocycles. The van der Waals surface area contributed by atoms with E-state index in [4.69, 9.17) is 0 Å². The number of amides is 3. The number of hydrogen-bond acceptors (Lipinski definition) is 7. The van der Waals surface area contributed by atoms with Crippen molar-refractivity contribution in [1.29, 1.82) is 0 Å². The van der Waals surface area contributed by atoms with Crippen LogP contribution in [0.3, 0.4) is 0 Å². The topological polar surface area (TPSA) is 108 Å². The molecule has 3 amide bonds. The van der Waals surface area contributed by atoms with E-state index < -0.39 is 29.2 Å². The Labute approximate surface area is 188 Å². The number of fused-ring (bicyclic) bond motifs is 1. The highest BCUT2D eigenvalue weighted by molar-refractivity contribution is 7.99. The Morgan fingerprint density at radius 2 is 1.72 bits per heavy atom. The highest BCUT2D eigenvalue weighted by Crippen LogP contribution is 2.35. The van der Waals surface area contributed by atoms with Crippen molar-refractivity contribution in [1.82, 2.24) is 20.4 Å². The molecule has 2 aliphatic rings. The first-order valence-electron chi connectivity index (χ1n) is 9.93. The molecule has 32 heavy (non-hydrogen) atoms. The number of urea groups is 1. The molecule has 0 bridgehead atoms. The number of rotatable bonds is 5. The molecule has 2 aliphatic heterocycles. The molecule has 4 unspecified atom stereocenters. The quantitative estimate of drug-likeness (QED) is 0.523. The summed E-state index contributed by atoms with van der Waals surface area (Å²) >= 11 is 1.48. The van der Waals surface area contributed by atoms with Gasteiger partial charge in [-0.3, -0.25) is 30.4 Å². The van der Waals surface area contributed by atoms with Gasteiger partial charge in [0.05, 0.1) is 28.5 Å². The third-order valence-electron chi connectivity index (χ3n) is 5.74. The molecule has 4 rings (SSSR count). The molecule has 9 nitrogen and oxygen atoms in total. The van der Waals surface area contributed by atoms with E-state index in [2.05, 4.69) is 10.6 Å². The summed E-state index contributed by atoms with van der Waals surface area (Å²) in [6, 6.07) is 11.9. The van der Waals surface area contributed by atoms with E-state index in [1.165, 1.54) is 48.0 Å². The third kappa shape index (κ3) is 4.18. The van der Waals surface area contributed by atoms with Crippen LogP contribution in [0, 0.1) is 21.8 Å². The average Bonchev–Trinajstić information content (AvgIpc) is 2.80. The van der Waals surface area contributed by atoms with Gasteiger partial charge in [0.25, 0.3) is 5.69 Å². The number of non-ortho nitro benzene ring substituents is 1. The lowest BCUT2D eigenvalue weighted by atomic mass is 9.96. The number of carbonyl (C=O) groups excluding carboxylic acids is 2. The van der Waals surface area contributed by atoms with E-state index >= 15 is 0 Å². The molecule has 0 aliphatic carbocycles. The molecule has 0 spiro atoms. The molecular weight excluding hydrogens is 437 g/mol. The second-order valence-electron chi connectivity index (χ2n) is 7.73. The first kappa shape index (κ1) is 22.2. The predicted octanol–water partition coefficient (Wildman–Crippen LogP) is 2.65. The van der Waals surface area contributed by atoms with Crippen LogP contribution in [0.4, 0.5) is 14.9 Å². The average molecular weight is 460 g/mol. The molecule has 0 aromatic heterocycles. The second-order valence-corrected chi connectivity index (χ2v) is 8.86. The van der Waals surface area contributed by atoms with E-state index in [-0.39, 0.29) is 22.8 Å². The van der Waals surface area contributed by atoms with Gasteiger partial charge in [-0.25, -0.2) is 9.18 Å². The van der Waals surface area contributed by atoms with Gasteiger partial charge in [-0.1, -0.05) is 24.3 Å². The largest absolute Gasteiger partial charge is 0.327 e. The second kappa shape index (κ2) is 8.85. The summed E-state index contributed by atoms with van der Waals surface area (Å²) in [4.78, 5) is 38.6. The van der Waals surface area contributed by atoms with E-state index in [1.807, 2.05) is 0 Å². The van der Waals surface area contributed by atoms with Gasteiger partial charge < -0.3 is 4.90 Å². The Kier molecular flexibility index (Phi) is 6.13. The maximum Gasteiger partial charge on any atom is 0.327 e. The van der Waals surface area contributed by atoms with Crippen LogP contribution < -0.4 is 10.6 Å². The number of carbonyl (C=O) groups is 2. The van der Waals surface area contributed by atoms with E-state index in [0.29, 0.717) is 5.75 Å². The predicted molar refractivity (Wildman–Crippen MR) is 117 cm³/mol. The van der Waals surface area contributed by atoms with Crippen LogP contribution in [0.15, 0.2) is 48.5 Å². The van der Waals surface area contributed by atoms with Gasteiger partial charge in [-0.15, -0.1) is 11.8 Å². The van der Waals surface area contributed by atoms with E-state index in [0.717, 1.165) is 16.0 Å². The van der Waals surface area contributed by atoms with Crippen molar-refractivity contribution < 1.29 is 18.9 Å². The first-order valence-corrected chi connectivity index (χ1v) is 11.0. The van der Waals surface area contributed by atoms with Crippen LogP contribution in [-0.4, -0.2) is 52.3 Å². The van der Waals surface area contributed by atoms with Crippen molar-refractivity contribution in [3.8, 4) is 0 Å². The standard InChI is InChI=1S/C21H22FN5O4S/c1-25-18-16(20(28)26(2)21(25)29)19(24-17(23-18)13-5-7-14(22)8-6-13)32-11-12-3-9-15(10-4-12)27(30)31/h3-10,16-19,23-24H,11H2,1-2H3. The van der Waals surface area contributed by atoms with Crippen LogP contribution in [0.1, 0.15) is 17.3 Å². The molecule has 4 atom stereocenters. The first-order chi connectivity index (χ1) is 15.3. The summed E-state index contributed by atoms with van der Waals surface area (Å²) < 4.78 is 13.4. The Morgan fingerprint density at radius 1 is 1.06 bits per heavy atom. The molecule has 2 heterocycles. The van der Waals surface area contributed by atoms with Gasteiger partial charge in [-0.2, -0.15) is 0 Å². The van der Waals surface area contributed by atoms with Crippen molar-refractivity contribution >= 4 is 29.4 Å². The fourth-order valence-electron chi connectivity index (χ4n) is 3.95. The lowest BCUT2D eigenvalue weighted by Crippen LogP contribution is -2.72. The van der Waals surface area contributed by atoms with Crippen molar-refractivity contribution in [2.24, 2.45) is 5.92 Å². The summed E-state index contributed by atoms with van der Waals surface area (Å²) in [5, 5.41) is 17.2. The molecule has 2 N–H and O–H groups in total. The van der Waals surface area contributed by atoms with Crippen molar-refractivity contribution in [2.75, 3.05) is 14.1 Å². The van der Waals surface area contributed by atoms with Crippen LogP contribution in [0.2, 0.25) is 0 Å². The number of nitrogens with one attached hydrogen (secondary N) is 2. The maximum atomic E-state index is 13.4. The van der Waals surface area contributed by atoms with Gasteiger partial charge in [0.1, 0.15) is 5.82 Å². The zero-order chi connectivity index (χ0) is 23.0. The minimum atomic E-state index is -0.553. The number of hydrogen-bond donors (Lipinski definition) is 2. The number of thioether (sulfide) groups is 1. The van der Waals surface area contributed by atoms with Crippen molar-refractivity contribution in [3.63, 3.8) is 0 Å². The van der Waals surface area contributed by atoms with Crippen molar-refractivity contribution in [2.45, 2.75) is 23.5 Å². The normalized spacial score (nSPS) is 25.6. The minimum absolute atomic E-state index is 0.0133. The number of imide groups is 1. The maximum absolute atomic E-state index is 13.4. The number of nitrogens with zero attached hydrogens (tertiary/aromatic N) is 3. The Balaban J connectivity index is 1.59. The zero-order valence-corrected chi connectivity index (χ0v) is 18.2. The summed E-state index contributed by atoms with van der Waals surface area (Å²) in [6.07, 6.45) is -0.950. The SMILES string of the molecule is CN1C(=O)C2C(SCc3ccc([N+](=O)[O-])cc3)NC(c3ccc(F)cc3)NC2N(C)C1=O. The molecule has 2 fully saturated rings. The monoisotopic (exact) mass is 459 g/mol. The molecule has 168 valence electrons. The van der Waals surface area contributed by atoms with Gasteiger partial charge in [0.2, 0.25) is 5.91 Å². The fraction of sp³-hybridized carbons (Fsp3) is 0.333. The molecule has 2 saturated heterocycles. The van der Waals surface area contributed by atoms with E-state index in [1.54, 1.807) is 31.3 Å². The Hall–Kier alpha value is -3.02. The summed E-state index contributed by atoms with van der Waals surface area (Å²) in [7, 11) is 3.10. The summed E-state index contributed by atoms with van der Waals surface area (Å²) in [6.45, 7) is 0. The van der Waals surface area contributed by atoms with Crippen LogP contribution in [-0.2, 0) is 10.5 Å². The van der Waals surface area contributed by atoms with Gasteiger partial charge in [0.15, 0.2) is 0 Å². The highest BCUT2D eigenvalue weighted by Gasteiger charge is 2.50. The summed E-state index contributed by atoms with van der Waals surface area (Å²) in [5.74, 6) is -0.698. The Bertz CT molecular complexity index is 1040. The molecule has 0 radical (unpaired) electrons. The molecular formula is C21H22FN5O4S. The molecule has 2 aromatic carbocycles. The van der Waals surface area contributed by atoms with Gasteiger partial charge in [-0.05, 0) is 23.3 Å². The van der Waals surface area contributed by atoms with Crippen LogP contribution >= 0.6 is 11.8 Å². The van der Waals surface area contributed by atoms with Crippen LogP contribution in [0.5, 0.6) is 0 Å². The fourth-order valence-corrected chi connectivity index (χ4v) is 5.22. The lowest BCUT2D eigenvalue weighted by molar-refractivity contribution is -0.384. The zero-order valence-electron chi connectivity index (χ0n) is 17.4. The van der Waals surface area contributed by atoms with Crippen LogP contribution in [0.25, 0.3) is 0 Å². The van der Waals surface area contributed by atoms with E-state index in [9.17, 15) is 24.1 Å². The molecule has 2 aromatic rings. The number of nitro groups is 1. The minimum Gasteiger partial charge on any atom is -0.311 e. The summed E-state index contributed by atoms with van der Waals surface area (Å²) in [5.41, 5.74) is 1.66. The number of nitro benzene ring substituents is 1. The smallest absolute Gasteiger partial charge is 0.311 e. The highest BCUT2D eigenvalue weighted by atomic mass is 32.2. The van der Waals surface area contributed by atoms with Gasteiger partial charge in [0, 0.05) is 32.0 Å². The lowest BCUT2D eigenvalue weighted by Gasteiger charge is -2.50. The van der Waals surface area contributed by atoms with Crippen molar-refractivity contribution in [3.05, 3.63) is 75.6 Å². The van der Waals surface area contributed by atoms with Gasteiger partial charge >= 0.3 is 6.03 Å². The third-order valence-corrected chi connectivity index (χ3v) is 7.02.